The van der Waals surface area contributed by atoms with Gasteiger partial charge in [0.15, 0.2) is 0 Å². The Bertz CT molecular complexity index is 1180. The van der Waals surface area contributed by atoms with Crippen molar-refractivity contribution in [2.75, 3.05) is 0 Å². The lowest BCUT2D eigenvalue weighted by molar-refractivity contribution is -0.0258. The van der Waals surface area contributed by atoms with Crippen molar-refractivity contribution in [1.82, 2.24) is 24.5 Å². The average molecular weight is 381 g/mol. The van der Waals surface area contributed by atoms with Crippen molar-refractivity contribution in [3.63, 3.8) is 0 Å². The fraction of sp³-hybridized carbons (Fsp3) is 0.200. The molecule has 0 aliphatic carbocycles. The number of aromatic nitrogens is 5. The third-order valence-electron chi connectivity index (χ3n) is 4.52. The number of hydrogen-bond acceptors (Lipinski definition) is 4. The van der Waals surface area contributed by atoms with Crippen LogP contribution in [0.2, 0.25) is 0 Å². The first-order valence-electron chi connectivity index (χ1n) is 8.72. The van der Waals surface area contributed by atoms with E-state index in [1.54, 1.807) is 43.3 Å². The van der Waals surface area contributed by atoms with Gasteiger partial charge in [-0.05, 0) is 19.1 Å². The zero-order valence-electron chi connectivity index (χ0n) is 15.1. The van der Waals surface area contributed by atoms with Crippen molar-refractivity contribution in [3.8, 4) is 0 Å². The summed E-state index contributed by atoms with van der Waals surface area (Å²) in [5.41, 5.74) is 0.739. The van der Waals surface area contributed by atoms with E-state index in [0.29, 0.717) is 22.4 Å². The van der Waals surface area contributed by atoms with Crippen LogP contribution in [0.1, 0.15) is 17.1 Å². The highest BCUT2D eigenvalue weighted by atomic mass is 19.3. The first kappa shape index (κ1) is 18.0. The van der Waals surface area contributed by atoms with E-state index in [2.05, 4.69) is 15.3 Å². The van der Waals surface area contributed by atoms with Crippen molar-refractivity contribution >= 4 is 10.9 Å². The normalized spacial score (nSPS) is 11.8. The van der Waals surface area contributed by atoms with Crippen LogP contribution >= 0.6 is 0 Å². The maximum atomic E-state index is 14.4. The van der Waals surface area contributed by atoms with Gasteiger partial charge in [-0.1, -0.05) is 47.7 Å². The van der Waals surface area contributed by atoms with Crippen molar-refractivity contribution in [1.29, 1.82) is 0 Å². The molecule has 142 valence electrons. The Labute approximate surface area is 159 Å². The molecule has 0 saturated carbocycles. The highest BCUT2D eigenvalue weighted by Crippen LogP contribution is 2.29. The molecule has 8 heteroatoms. The zero-order chi connectivity index (χ0) is 19.7. The second-order valence-corrected chi connectivity index (χ2v) is 6.55. The van der Waals surface area contributed by atoms with Crippen LogP contribution in [0.3, 0.4) is 0 Å². The molecule has 0 radical (unpaired) electrons. The molecule has 6 nitrogen and oxygen atoms in total. The van der Waals surface area contributed by atoms with E-state index in [-0.39, 0.29) is 17.7 Å². The minimum Gasteiger partial charge on any atom is -0.290 e. The van der Waals surface area contributed by atoms with Gasteiger partial charge in [-0.15, -0.1) is 5.10 Å². The molecule has 4 rings (SSSR count). The Balaban J connectivity index is 1.59. The maximum absolute atomic E-state index is 14.4. The number of fused-ring (bicyclic) bond motifs is 1. The van der Waals surface area contributed by atoms with Gasteiger partial charge in [-0.25, -0.2) is 9.67 Å². The van der Waals surface area contributed by atoms with Crippen molar-refractivity contribution in [3.05, 3.63) is 88.2 Å². The van der Waals surface area contributed by atoms with Crippen molar-refractivity contribution < 1.29 is 8.78 Å². The van der Waals surface area contributed by atoms with Crippen LogP contribution in [-0.2, 0) is 19.0 Å². The summed E-state index contributed by atoms with van der Waals surface area (Å²) < 4.78 is 31.4. The lowest BCUT2D eigenvalue weighted by atomic mass is 10.1. The van der Waals surface area contributed by atoms with Gasteiger partial charge in [0.25, 0.3) is 11.5 Å². The zero-order valence-corrected chi connectivity index (χ0v) is 15.1. The number of benzene rings is 2. The van der Waals surface area contributed by atoms with Crippen molar-refractivity contribution in [2.24, 2.45) is 0 Å². The summed E-state index contributed by atoms with van der Waals surface area (Å²) in [6.07, 6.45) is 1.43. The second kappa shape index (κ2) is 6.95. The molecule has 28 heavy (non-hydrogen) atoms. The van der Waals surface area contributed by atoms with Crippen LogP contribution in [0.15, 0.2) is 65.6 Å². The third-order valence-corrected chi connectivity index (χ3v) is 4.52. The first-order valence-corrected chi connectivity index (χ1v) is 8.72. The number of alkyl halides is 2. The molecule has 2 heterocycles. The topological polar surface area (TPSA) is 65.6 Å². The quantitative estimate of drug-likeness (QED) is 0.533. The van der Waals surface area contributed by atoms with Crippen LogP contribution in [0, 0.1) is 6.92 Å². The molecule has 0 atom stereocenters. The Hall–Kier alpha value is -3.42. The smallest absolute Gasteiger partial charge is 0.290 e. The van der Waals surface area contributed by atoms with Crippen LogP contribution in [-0.4, -0.2) is 24.5 Å². The van der Waals surface area contributed by atoms with Gasteiger partial charge < -0.3 is 0 Å². The fourth-order valence-corrected chi connectivity index (χ4v) is 3.09. The highest BCUT2D eigenvalue weighted by molar-refractivity contribution is 5.77. The molecular weight excluding hydrogens is 364 g/mol. The maximum Gasteiger partial charge on any atom is 0.292 e. The number of nitrogens with zero attached hydrogens (tertiary/aromatic N) is 5. The van der Waals surface area contributed by atoms with Crippen LogP contribution in [0.4, 0.5) is 8.78 Å². The van der Waals surface area contributed by atoms with Gasteiger partial charge in [0, 0.05) is 5.56 Å². The summed E-state index contributed by atoms with van der Waals surface area (Å²) in [5, 5.41) is 8.24. The average Bonchev–Trinajstić information content (AvgIpc) is 3.12. The van der Waals surface area contributed by atoms with E-state index >= 15 is 0 Å². The molecule has 0 saturated heterocycles. The summed E-state index contributed by atoms with van der Waals surface area (Å²) in [7, 11) is 0. The molecule has 0 amide bonds. The highest BCUT2D eigenvalue weighted by Gasteiger charge is 2.32. The van der Waals surface area contributed by atoms with Crippen LogP contribution in [0.5, 0.6) is 0 Å². The molecule has 2 aromatic heterocycles. The molecule has 0 N–H and O–H groups in total. The van der Waals surface area contributed by atoms with Gasteiger partial charge in [-0.3, -0.25) is 9.36 Å². The fourth-order valence-electron chi connectivity index (χ4n) is 3.09. The summed E-state index contributed by atoms with van der Waals surface area (Å²) in [5.74, 6) is -2.56. The summed E-state index contributed by atoms with van der Waals surface area (Å²) in [6.45, 7) is 1.20. The lowest BCUT2D eigenvalue weighted by Crippen LogP contribution is -2.24. The van der Waals surface area contributed by atoms with Crippen LogP contribution < -0.4 is 5.56 Å². The molecule has 4 aromatic rings. The minimum atomic E-state index is -3.08. The molecule has 0 aliphatic rings. The van der Waals surface area contributed by atoms with Gasteiger partial charge in [0.05, 0.1) is 23.6 Å². The predicted octanol–water partition coefficient (Wildman–Crippen LogP) is 3.14. The molecular formula is C20H17F2N5O. The number of halogens is 2. The van der Waals surface area contributed by atoms with E-state index in [4.69, 9.17) is 0 Å². The van der Waals surface area contributed by atoms with E-state index in [0.717, 1.165) is 4.68 Å². The second-order valence-electron chi connectivity index (χ2n) is 6.55. The Morgan fingerprint density at radius 2 is 1.75 bits per heavy atom. The Kier molecular flexibility index (Phi) is 4.46. The third kappa shape index (κ3) is 3.40. The van der Waals surface area contributed by atoms with Crippen LogP contribution in [0.25, 0.3) is 10.9 Å². The Morgan fingerprint density at radius 3 is 2.54 bits per heavy atom. The monoisotopic (exact) mass is 381 g/mol. The van der Waals surface area contributed by atoms with E-state index in [9.17, 15) is 13.6 Å². The molecule has 0 fully saturated rings. The molecule has 0 spiro atoms. The number of hydrogen-bond donors (Lipinski definition) is 0. The van der Waals surface area contributed by atoms with Gasteiger partial charge in [0.1, 0.15) is 18.1 Å². The van der Waals surface area contributed by atoms with Gasteiger partial charge in [-0.2, -0.15) is 8.78 Å². The minimum absolute atomic E-state index is 0.0853. The van der Waals surface area contributed by atoms with E-state index < -0.39 is 12.5 Å². The molecule has 0 aliphatic heterocycles. The SMILES string of the molecule is Cc1nc2ccccc2c(=O)n1Cc1cn(CC(F)(F)c2ccccc2)nn1. The summed E-state index contributed by atoms with van der Waals surface area (Å²) >= 11 is 0. The standard InChI is InChI=1S/C20H17F2N5O/c1-14-23-18-10-6-5-9-17(18)19(28)27(14)12-16-11-26(25-24-16)13-20(21,22)15-7-3-2-4-8-15/h2-11H,12-13H2,1H3. The lowest BCUT2D eigenvalue weighted by Gasteiger charge is -2.16. The van der Waals surface area contributed by atoms with Gasteiger partial charge >= 0.3 is 0 Å². The number of para-hydroxylation sites is 1. The predicted molar refractivity (Wildman–Crippen MR) is 100 cm³/mol. The van der Waals surface area contributed by atoms with E-state index in [1.165, 1.54) is 22.9 Å². The molecule has 0 bridgehead atoms. The first-order chi connectivity index (χ1) is 13.4. The number of rotatable bonds is 5. The summed E-state index contributed by atoms with van der Waals surface area (Å²) in [4.78, 5) is 17.1. The summed E-state index contributed by atoms with van der Waals surface area (Å²) in [6, 6.07) is 14.6. The largest absolute Gasteiger partial charge is 0.292 e. The van der Waals surface area contributed by atoms with Gasteiger partial charge in [0.2, 0.25) is 0 Å². The molecule has 0 unspecified atom stereocenters. The Morgan fingerprint density at radius 1 is 1.04 bits per heavy atom. The molecule has 2 aromatic carbocycles. The van der Waals surface area contributed by atoms with Crippen molar-refractivity contribution in [2.45, 2.75) is 25.9 Å². The number of aryl methyl sites for hydroxylation is 1. The van der Waals surface area contributed by atoms with E-state index in [1.807, 2.05) is 6.07 Å².